The van der Waals surface area contributed by atoms with E-state index in [1.54, 1.807) is 27.8 Å². The monoisotopic (exact) mass is 321 g/mol. The van der Waals surface area contributed by atoms with E-state index in [1.807, 2.05) is 36.6 Å². The van der Waals surface area contributed by atoms with Crippen molar-refractivity contribution in [2.45, 2.75) is 37.1 Å². The molecule has 0 N–H and O–H groups in total. The van der Waals surface area contributed by atoms with Crippen molar-refractivity contribution in [3.63, 3.8) is 0 Å². The van der Waals surface area contributed by atoms with Gasteiger partial charge in [-0.2, -0.15) is 4.31 Å². The van der Waals surface area contributed by atoms with Gasteiger partial charge in [-0.25, -0.2) is 8.42 Å². The Balaban J connectivity index is 1.97. The smallest absolute Gasteiger partial charge is 0.207 e. The van der Waals surface area contributed by atoms with Crippen molar-refractivity contribution in [3.05, 3.63) is 52.2 Å². The first-order valence-corrected chi connectivity index (χ1v) is 9.53. The van der Waals surface area contributed by atoms with Gasteiger partial charge < -0.3 is 0 Å². The van der Waals surface area contributed by atoms with Crippen LogP contribution in [-0.2, 0) is 10.0 Å². The van der Waals surface area contributed by atoms with E-state index in [0.717, 1.165) is 29.7 Å². The number of rotatable bonds is 3. The molecule has 0 bridgehead atoms. The van der Waals surface area contributed by atoms with Crippen LogP contribution < -0.4 is 0 Å². The molecule has 112 valence electrons. The maximum Gasteiger partial charge on any atom is 0.243 e. The predicted molar refractivity (Wildman–Crippen MR) is 86.0 cm³/mol. The summed E-state index contributed by atoms with van der Waals surface area (Å²) >= 11 is 1.64. The zero-order valence-electron chi connectivity index (χ0n) is 12.0. The van der Waals surface area contributed by atoms with E-state index in [0.29, 0.717) is 11.4 Å². The van der Waals surface area contributed by atoms with Crippen molar-refractivity contribution in [2.24, 2.45) is 0 Å². The molecule has 1 aromatic heterocycles. The van der Waals surface area contributed by atoms with Gasteiger partial charge in [-0.1, -0.05) is 30.2 Å². The summed E-state index contributed by atoms with van der Waals surface area (Å²) in [5.74, 6) is 0. The van der Waals surface area contributed by atoms with Gasteiger partial charge in [0.1, 0.15) is 0 Å². The minimum Gasteiger partial charge on any atom is -0.207 e. The third-order valence-electron chi connectivity index (χ3n) is 3.95. The first-order valence-electron chi connectivity index (χ1n) is 7.21. The highest BCUT2D eigenvalue weighted by molar-refractivity contribution is 7.89. The number of hydrogen-bond acceptors (Lipinski definition) is 3. The molecular weight excluding hydrogens is 302 g/mol. The summed E-state index contributed by atoms with van der Waals surface area (Å²) in [5, 5.41) is 2.01. The Kier molecular flexibility index (Phi) is 4.15. The Labute approximate surface area is 130 Å². The van der Waals surface area contributed by atoms with Crippen LogP contribution in [0.1, 0.15) is 35.7 Å². The van der Waals surface area contributed by atoms with Gasteiger partial charge in [0.2, 0.25) is 10.0 Å². The van der Waals surface area contributed by atoms with Gasteiger partial charge in [0.25, 0.3) is 0 Å². The zero-order chi connectivity index (χ0) is 14.9. The summed E-state index contributed by atoms with van der Waals surface area (Å²) in [7, 11) is -3.41. The molecule has 1 unspecified atom stereocenters. The van der Waals surface area contributed by atoms with Gasteiger partial charge in [-0.15, -0.1) is 11.3 Å². The lowest BCUT2D eigenvalue weighted by Crippen LogP contribution is -2.38. The molecule has 3 rings (SSSR count). The standard InChI is InChI=1S/C16H19NO2S2/c1-13-7-9-14(10-8-13)21(18,19)17-11-3-2-5-15(17)16-6-4-12-20-16/h4,6-10,12,15H,2-3,5,11H2,1H3. The number of thiophene rings is 1. The summed E-state index contributed by atoms with van der Waals surface area (Å²) in [6.45, 7) is 2.57. The van der Waals surface area contributed by atoms with Gasteiger partial charge >= 0.3 is 0 Å². The van der Waals surface area contributed by atoms with Crippen molar-refractivity contribution in [1.82, 2.24) is 4.31 Å². The van der Waals surface area contributed by atoms with Gasteiger partial charge in [-0.3, -0.25) is 0 Å². The lowest BCUT2D eigenvalue weighted by atomic mass is 10.0. The molecule has 5 heteroatoms. The third-order valence-corrected chi connectivity index (χ3v) is 6.85. The first-order chi connectivity index (χ1) is 10.1. The Bertz CT molecular complexity index is 690. The topological polar surface area (TPSA) is 37.4 Å². The van der Waals surface area contributed by atoms with Gasteiger partial charge in [-0.05, 0) is 43.3 Å². The van der Waals surface area contributed by atoms with Crippen LogP contribution in [0.5, 0.6) is 0 Å². The van der Waals surface area contributed by atoms with E-state index >= 15 is 0 Å². The molecule has 0 aliphatic carbocycles. The molecule has 0 radical (unpaired) electrons. The third kappa shape index (κ3) is 2.91. The summed E-state index contributed by atoms with van der Waals surface area (Å²) in [6.07, 6.45) is 2.93. The molecule has 2 heterocycles. The quantitative estimate of drug-likeness (QED) is 0.857. The number of benzene rings is 1. The number of sulfonamides is 1. The predicted octanol–water partition coefficient (Wildman–Crippen LogP) is 3.97. The SMILES string of the molecule is Cc1ccc(S(=O)(=O)N2CCCCC2c2cccs2)cc1. The zero-order valence-corrected chi connectivity index (χ0v) is 13.7. The highest BCUT2D eigenvalue weighted by Crippen LogP contribution is 2.37. The lowest BCUT2D eigenvalue weighted by molar-refractivity contribution is 0.259. The van der Waals surface area contributed by atoms with Crippen molar-refractivity contribution >= 4 is 21.4 Å². The highest BCUT2D eigenvalue weighted by Gasteiger charge is 2.34. The summed E-state index contributed by atoms with van der Waals surface area (Å²) < 4.78 is 27.6. The van der Waals surface area contributed by atoms with Crippen molar-refractivity contribution in [3.8, 4) is 0 Å². The molecule has 2 aromatic rings. The average Bonchev–Trinajstić information content (AvgIpc) is 3.02. The van der Waals surface area contributed by atoms with E-state index in [1.165, 1.54) is 0 Å². The van der Waals surface area contributed by atoms with Crippen LogP contribution in [0, 0.1) is 6.92 Å². The van der Waals surface area contributed by atoms with Crippen LogP contribution >= 0.6 is 11.3 Å². The van der Waals surface area contributed by atoms with Gasteiger partial charge in [0.15, 0.2) is 0 Å². The summed E-state index contributed by atoms with van der Waals surface area (Å²) in [4.78, 5) is 1.54. The van der Waals surface area contributed by atoms with Crippen LogP contribution in [0.4, 0.5) is 0 Å². The van der Waals surface area contributed by atoms with Crippen molar-refractivity contribution in [2.75, 3.05) is 6.54 Å². The van der Waals surface area contributed by atoms with Crippen molar-refractivity contribution in [1.29, 1.82) is 0 Å². The highest BCUT2D eigenvalue weighted by atomic mass is 32.2. The molecule has 1 aromatic carbocycles. The minimum absolute atomic E-state index is 0.00921. The van der Waals surface area contributed by atoms with E-state index in [4.69, 9.17) is 0 Å². The number of nitrogens with zero attached hydrogens (tertiary/aromatic N) is 1. The molecule has 0 saturated carbocycles. The molecule has 1 aliphatic rings. The van der Waals surface area contributed by atoms with E-state index in [9.17, 15) is 8.42 Å². The maximum atomic E-state index is 12.9. The molecule has 21 heavy (non-hydrogen) atoms. The second kappa shape index (κ2) is 5.91. The van der Waals surface area contributed by atoms with E-state index in [2.05, 4.69) is 0 Å². The van der Waals surface area contributed by atoms with E-state index in [-0.39, 0.29) is 6.04 Å². The maximum absolute atomic E-state index is 12.9. The summed E-state index contributed by atoms with van der Waals surface area (Å²) in [6, 6.07) is 11.2. The van der Waals surface area contributed by atoms with Crippen molar-refractivity contribution < 1.29 is 8.42 Å². The molecule has 0 amide bonds. The molecule has 1 aliphatic heterocycles. The molecule has 1 fully saturated rings. The van der Waals surface area contributed by atoms with Gasteiger partial charge in [0.05, 0.1) is 10.9 Å². The van der Waals surface area contributed by atoms with Crippen LogP contribution in [0.3, 0.4) is 0 Å². The molecule has 1 saturated heterocycles. The molecule has 0 spiro atoms. The Morgan fingerprint density at radius 1 is 1.14 bits per heavy atom. The van der Waals surface area contributed by atoms with Crippen LogP contribution in [0.25, 0.3) is 0 Å². The number of piperidine rings is 1. The second-order valence-corrected chi connectivity index (χ2v) is 8.33. The molecule has 3 nitrogen and oxygen atoms in total. The minimum atomic E-state index is -3.41. The van der Waals surface area contributed by atoms with Gasteiger partial charge in [0, 0.05) is 11.4 Å². The molecular formula is C16H19NO2S2. The second-order valence-electron chi connectivity index (χ2n) is 5.46. The average molecular weight is 321 g/mol. The van der Waals surface area contributed by atoms with Crippen LogP contribution in [-0.4, -0.2) is 19.3 Å². The fourth-order valence-corrected chi connectivity index (χ4v) is 5.42. The number of hydrogen-bond donors (Lipinski definition) is 0. The Hall–Kier alpha value is -1.17. The van der Waals surface area contributed by atoms with E-state index < -0.39 is 10.0 Å². The first kappa shape index (κ1) is 14.8. The number of aryl methyl sites for hydroxylation is 1. The summed E-state index contributed by atoms with van der Waals surface area (Å²) in [5.41, 5.74) is 1.07. The lowest BCUT2D eigenvalue weighted by Gasteiger charge is -2.34. The largest absolute Gasteiger partial charge is 0.243 e. The van der Waals surface area contributed by atoms with Crippen LogP contribution in [0.15, 0.2) is 46.7 Å². The normalized spacial score (nSPS) is 20.5. The fourth-order valence-electron chi connectivity index (χ4n) is 2.80. The Morgan fingerprint density at radius 2 is 1.90 bits per heavy atom. The van der Waals surface area contributed by atoms with Crippen LogP contribution in [0.2, 0.25) is 0 Å². The fraction of sp³-hybridized carbons (Fsp3) is 0.375. The molecule has 1 atom stereocenters. The Morgan fingerprint density at radius 3 is 2.57 bits per heavy atom.